The van der Waals surface area contributed by atoms with Gasteiger partial charge in [0.2, 0.25) is 0 Å². The van der Waals surface area contributed by atoms with Crippen LogP contribution in [0.3, 0.4) is 0 Å². The topological polar surface area (TPSA) is 27.7 Å². The van der Waals surface area contributed by atoms with Crippen molar-refractivity contribution in [2.45, 2.75) is 51.4 Å². The summed E-state index contributed by atoms with van der Waals surface area (Å²) in [6.45, 7) is 7.56. The van der Waals surface area contributed by atoms with Crippen LogP contribution in [0.1, 0.15) is 40.0 Å². The van der Waals surface area contributed by atoms with Crippen LogP contribution in [0.5, 0.6) is 0 Å². The minimum absolute atomic E-state index is 0.228. The van der Waals surface area contributed by atoms with Crippen molar-refractivity contribution in [2.24, 2.45) is 0 Å². The van der Waals surface area contributed by atoms with Gasteiger partial charge in [0.05, 0.1) is 13.2 Å². The second-order valence-corrected chi connectivity index (χ2v) is 3.94. The molecule has 14 heavy (non-hydrogen) atoms. The predicted octanol–water partition coefficient (Wildman–Crippen LogP) is 2.34. The Morgan fingerprint density at radius 3 is 1.79 bits per heavy atom. The molecule has 0 aliphatic carbocycles. The molecule has 3 nitrogen and oxygen atoms in total. The van der Waals surface area contributed by atoms with Gasteiger partial charge in [0.25, 0.3) is 0 Å². The summed E-state index contributed by atoms with van der Waals surface area (Å²) >= 11 is 0. The summed E-state index contributed by atoms with van der Waals surface area (Å²) in [5, 5.41) is 0. The van der Waals surface area contributed by atoms with E-state index < -0.39 is 0 Å². The van der Waals surface area contributed by atoms with E-state index in [2.05, 4.69) is 20.8 Å². The van der Waals surface area contributed by atoms with Gasteiger partial charge in [-0.1, -0.05) is 20.8 Å². The molecule has 1 aliphatic rings. The molecular weight excluding hydrogens is 180 g/mol. The zero-order valence-corrected chi connectivity index (χ0v) is 9.76. The van der Waals surface area contributed by atoms with E-state index in [0.717, 1.165) is 19.3 Å². The normalized spacial score (nSPS) is 24.9. The van der Waals surface area contributed by atoms with Crippen LogP contribution in [0.15, 0.2) is 0 Å². The Hall–Kier alpha value is -0.120. The van der Waals surface area contributed by atoms with Crippen molar-refractivity contribution >= 4 is 0 Å². The first-order chi connectivity index (χ1) is 6.66. The lowest BCUT2D eigenvalue weighted by atomic mass is 10.00. The summed E-state index contributed by atoms with van der Waals surface area (Å²) in [6, 6.07) is 0. The van der Waals surface area contributed by atoms with E-state index in [-0.39, 0.29) is 11.4 Å². The Labute approximate surface area is 86.7 Å². The predicted molar refractivity (Wildman–Crippen MR) is 55.2 cm³/mol. The minimum Gasteiger partial charge on any atom is -0.373 e. The second-order valence-electron chi connectivity index (χ2n) is 3.94. The maximum Gasteiger partial charge on any atom is 0.168 e. The third kappa shape index (κ3) is 2.10. The van der Waals surface area contributed by atoms with Crippen LogP contribution in [-0.4, -0.2) is 31.7 Å². The molecule has 84 valence electrons. The average molecular weight is 202 g/mol. The molecule has 0 aromatic rings. The first-order valence-corrected chi connectivity index (χ1v) is 5.49. The van der Waals surface area contributed by atoms with E-state index >= 15 is 0 Å². The molecule has 0 N–H and O–H groups in total. The third-order valence-corrected chi connectivity index (χ3v) is 3.35. The van der Waals surface area contributed by atoms with Gasteiger partial charge >= 0.3 is 0 Å². The number of hydrogen-bond donors (Lipinski definition) is 0. The Morgan fingerprint density at radius 1 is 1.00 bits per heavy atom. The van der Waals surface area contributed by atoms with Gasteiger partial charge < -0.3 is 14.2 Å². The average Bonchev–Trinajstić information content (AvgIpc) is 2.29. The number of ether oxygens (including phenoxy) is 3. The molecule has 0 aromatic heterocycles. The summed E-state index contributed by atoms with van der Waals surface area (Å²) in [5.41, 5.74) is -0.228. The lowest BCUT2D eigenvalue weighted by Gasteiger charge is -2.44. The van der Waals surface area contributed by atoms with E-state index in [9.17, 15) is 0 Å². The van der Waals surface area contributed by atoms with Gasteiger partial charge in [0.15, 0.2) is 5.79 Å². The number of methoxy groups -OCH3 is 1. The Kier molecular flexibility index (Phi) is 3.93. The van der Waals surface area contributed by atoms with Gasteiger partial charge in [0.1, 0.15) is 5.60 Å². The fourth-order valence-corrected chi connectivity index (χ4v) is 1.73. The van der Waals surface area contributed by atoms with Crippen molar-refractivity contribution in [2.75, 3.05) is 20.3 Å². The molecule has 0 unspecified atom stereocenters. The highest BCUT2D eigenvalue weighted by Gasteiger charge is 2.42. The van der Waals surface area contributed by atoms with Crippen molar-refractivity contribution in [3.63, 3.8) is 0 Å². The van der Waals surface area contributed by atoms with Crippen molar-refractivity contribution in [1.29, 1.82) is 0 Å². The van der Waals surface area contributed by atoms with Gasteiger partial charge in [-0.25, -0.2) is 0 Å². The zero-order chi connectivity index (χ0) is 10.7. The molecular formula is C11H22O3. The SMILES string of the molecule is CCC1(OC)COC(CC)(CC)OC1. The summed E-state index contributed by atoms with van der Waals surface area (Å²) in [4.78, 5) is 0. The Bertz CT molecular complexity index is 139. The van der Waals surface area contributed by atoms with E-state index in [1.54, 1.807) is 7.11 Å². The highest BCUT2D eigenvalue weighted by molar-refractivity contribution is 4.85. The molecule has 0 saturated carbocycles. The lowest BCUT2D eigenvalue weighted by Crippen LogP contribution is -2.53. The molecule has 0 atom stereocenters. The molecule has 0 amide bonds. The van der Waals surface area contributed by atoms with Crippen LogP contribution in [-0.2, 0) is 14.2 Å². The van der Waals surface area contributed by atoms with Crippen LogP contribution in [0.4, 0.5) is 0 Å². The van der Waals surface area contributed by atoms with Crippen LogP contribution < -0.4 is 0 Å². The molecule has 3 heteroatoms. The minimum atomic E-state index is -0.364. The van der Waals surface area contributed by atoms with Gasteiger partial charge in [-0.2, -0.15) is 0 Å². The van der Waals surface area contributed by atoms with Crippen molar-refractivity contribution in [1.82, 2.24) is 0 Å². The molecule has 0 spiro atoms. The molecule has 0 bridgehead atoms. The highest BCUT2D eigenvalue weighted by atomic mass is 16.7. The maximum atomic E-state index is 5.81. The van der Waals surface area contributed by atoms with Crippen molar-refractivity contribution in [3.8, 4) is 0 Å². The highest BCUT2D eigenvalue weighted by Crippen LogP contribution is 2.32. The molecule has 1 aliphatic heterocycles. The van der Waals surface area contributed by atoms with Crippen molar-refractivity contribution < 1.29 is 14.2 Å². The number of rotatable bonds is 4. The van der Waals surface area contributed by atoms with Gasteiger partial charge in [0, 0.05) is 7.11 Å². The van der Waals surface area contributed by atoms with Crippen LogP contribution in [0, 0.1) is 0 Å². The molecule has 0 aromatic carbocycles. The summed E-state index contributed by atoms with van der Waals surface area (Å²) in [7, 11) is 1.72. The van der Waals surface area contributed by atoms with Gasteiger partial charge in [-0.05, 0) is 19.3 Å². The molecule has 0 radical (unpaired) electrons. The monoisotopic (exact) mass is 202 g/mol. The van der Waals surface area contributed by atoms with Crippen LogP contribution in [0.2, 0.25) is 0 Å². The molecule has 1 saturated heterocycles. The van der Waals surface area contributed by atoms with Crippen LogP contribution in [0.25, 0.3) is 0 Å². The summed E-state index contributed by atoms with van der Waals surface area (Å²) in [6.07, 6.45) is 2.72. The Morgan fingerprint density at radius 2 is 1.50 bits per heavy atom. The van der Waals surface area contributed by atoms with Gasteiger partial charge in [-0.15, -0.1) is 0 Å². The van der Waals surface area contributed by atoms with Crippen LogP contribution >= 0.6 is 0 Å². The first-order valence-electron chi connectivity index (χ1n) is 5.49. The van der Waals surface area contributed by atoms with E-state index in [4.69, 9.17) is 14.2 Å². The van der Waals surface area contributed by atoms with E-state index in [1.807, 2.05) is 0 Å². The first kappa shape index (κ1) is 12.0. The van der Waals surface area contributed by atoms with Crippen molar-refractivity contribution in [3.05, 3.63) is 0 Å². The summed E-state index contributed by atoms with van der Waals surface area (Å²) < 4.78 is 17.1. The molecule has 1 heterocycles. The fourth-order valence-electron chi connectivity index (χ4n) is 1.73. The largest absolute Gasteiger partial charge is 0.373 e. The lowest BCUT2D eigenvalue weighted by molar-refractivity contribution is -0.324. The zero-order valence-electron chi connectivity index (χ0n) is 9.76. The molecule has 1 fully saturated rings. The standard InChI is InChI=1S/C11H22O3/c1-5-10(12-4)8-13-11(6-2,7-3)14-9-10/h5-9H2,1-4H3. The molecule has 1 rings (SSSR count). The van der Waals surface area contributed by atoms with Gasteiger partial charge in [-0.3, -0.25) is 0 Å². The Balaban J connectivity index is 2.59. The maximum absolute atomic E-state index is 5.81. The number of hydrogen-bond acceptors (Lipinski definition) is 3. The third-order valence-electron chi connectivity index (χ3n) is 3.35. The fraction of sp³-hybridized carbons (Fsp3) is 1.00. The van der Waals surface area contributed by atoms with E-state index in [0.29, 0.717) is 13.2 Å². The quantitative estimate of drug-likeness (QED) is 0.700. The summed E-state index contributed by atoms with van der Waals surface area (Å²) in [5.74, 6) is -0.364. The second kappa shape index (κ2) is 4.60. The van der Waals surface area contributed by atoms with E-state index in [1.165, 1.54) is 0 Å². The smallest absolute Gasteiger partial charge is 0.168 e.